The van der Waals surface area contributed by atoms with Crippen LogP contribution in [-0.4, -0.2) is 42.3 Å². The molecule has 5 heteroatoms. The van der Waals surface area contributed by atoms with Crippen LogP contribution in [0.2, 0.25) is 0 Å². The van der Waals surface area contributed by atoms with Crippen LogP contribution < -0.4 is 5.32 Å². The van der Waals surface area contributed by atoms with E-state index < -0.39 is 12.6 Å². The Labute approximate surface area is 107 Å². The second-order valence-corrected chi connectivity index (χ2v) is 5.99. The van der Waals surface area contributed by atoms with E-state index in [0.717, 1.165) is 19.5 Å². The first-order valence-electron chi connectivity index (χ1n) is 6.89. The van der Waals surface area contributed by atoms with Crippen LogP contribution in [0.4, 0.5) is 13.2 Å². The molecule has 2 atom stereocenters. The van der Waals surface area contributed by atoms with E-state index in [9.17, 15) is 13.2 Å². The van der Waals surface area contributed by atoms with Crippen molar-refractivity contribution < 1.29 is 13.2 Å². The third-order valence-electron chi connectivity index (χ3n) is 4.54. The molecule has 2 rings (SSSR count). The molecule has 2 fully saturated rings. The number of rotatable bonds is 4. The molecule has 1 aliphatic heterocycles. The van der Waals surface area contributed by atoms with E-state index >= 15 is 0 Å². The van der Waals surface area contributed by atoms with Gasteiger partial charge in [-0.05, 0) is 32.1 Å². The molecule has 1 aliphatic carbocycles. The monoisotopic (exact) mass is 264 g/mol. The molecule has 0 bridgehead atoms. The summed E-state index contributed by atoms with van der Waals surface area (Å²) in [5, 5.41) is 3.53. The molecule has 0 amide bonds. The largest absolute Gasteiger partial charge is 0.390 e. The second-order valence-electron chi connectivity index (χ2n) is 5.99. The summed E-state index contributed by atoms with van der Waals surface area (Å²) in [4.78, 5) is 2.06. The quantitative estimate of drug-likeness (QED) is 0.840. The third-order valence-corrected chi connectivity index (χ3v) is 4.54. The van der Waals surface area contributed by atoms with E-state index in [1.165, 1.54) is 12.8 Å². The molecule has 2 unspecified atom stereocenters. The van der Waals surface area contributed by atoms with Gasteiger partial charge in [0.1, 0.15) is 0 Å². The van der Waals surface area contributed by atoms with Gasteiger partial charge in [0.05, 0.1) is 6.42 Å². The lowest BCUT2D eigenvalue weighted by Crippen LogP contribution is -2.63. The van der Waals surface area contributed by atoms with Crippen molar-refractivity contribution in [1.82, 2.24) is 10.2 Å². The van der Waals surface area contributed by atoms with Gasteiger partial charge in [-0.1, -0.05) is 6.92 Å². The van der Waals surface area contributed by atoms with E-state index in [0.29, 0.717) is 12.0 Å². The van der Waals surface area contributed by atoms with Crippen LogP contribution in [0, 0.1) is 5.92 Å². The molecule has 0 aromatic rings. The van der Waals surface area contributed by atoms with Crippen LogP contribution in [0.25, 0.3) is 0 Å². The van der Waals surface area contributed by atoms with E-state index in [1.807, 2.05) is 0 Å². The van der Waals surface area contributed by atoms with Crippen LogP contribution in [0.15, 0.2) is 0 Å². The smallest absolute Gasteiger partial charge is 0.311 e. The fourth-order valence-corrected chi connectivity index (χ4v) is 2.77. The average Bonchev–Trinajstić information content (AvgIpc) is 3.11. The molecule has 0 aromatic heterocycles. The van der Waals surface area contributed by atoms with Crippen molar-refractivity contribution in [2.24, 2.45) is 5.92 Å². The van der Waals surface area contributed by atoms with Crippen LogP contribution in [0.1, 0.15) is 39.5 Å². The highest BCUT2D eigenvalue weighted by molar-refractivity contribution is 4.99. The summed E-state index contributed by atoms with van der Waals surface area (Å²) >= 11 is 0. The number of nitrogens with zero attached hydrogens (tertiary/aromatic N) is 1. The summed E-state index contributed by atoms with van der Waals surface area (Å²) in [6, 6.07) is 0.401. The van der Waals surface area contributed by atoms with Crippen LogP contribution in [0.5, 0.6) is 0 Å². The zero-order chi connectivity index (χ0) is 13.4. The Morgan fingerprint density at radius 2 is 2.00 bits per heavy atom. The van der Waals surface area contributed by atoms with Crippen molar-refractivity contribution in [1.29, 1.82) is 0 Å². The van der Waals surface area contributed by atoms with Gasteiger partial charge >= 0.3 is 6.18 Å². The van der Waals surface area contributed by atoms with Crippen LogP contribution >= 0.6 is 0 Å². The van der Waals surface area contributed by atoms with Gasteiger partial charge in [0, 0.05) is 31.2 Å². The number of hydrogen-bond acceptors (Lipinski definition) is 2. The van der Waals surface area contributed by atoms with Crippen molar-refractivity contribution in [3.8, 4) is 0 Å². The molecule has 2 aliphatic rings. The average molecular weight is 264 g/mol. The highest BCUT2D eigenvalue weighted by atomic mass is 19.4. The van der Waals surface area contributed by atoms with E-state index in [-0.39, 0.29) is 12.1 Å². The molecule has 106 valence electrons. The lowest BCUT2D eigenvalue weighted by atomic mass is 9.91. The maximum atomic E-state index is 12.4. The number of piperazine rings is 1. The Morgan fingerprint density at radius 1 is 1.33 bits per heavy atom. The highest BCUT2D eigenvalue weighted by Crippen LogP contribution is 2.36. The zero-order valence-corrected chi connectivity index (χ0v) is 11.2. The Bertz CT molecular complexity index is 288. The van der Waals surface area contributed by atoms with Crippen LogP contribution in [0.3, 0.4) is 0 Å². The maximum Gasteiger partial charge on any atom is 0.390 e. The topological polar surface area (TPSA) is 15.3 Å². The van der Waals surface area contributed by atoms with Gasteiger partial charge in [-0.3, -0.25) is 4.90 Å². The van der Waals surface area contributed by atoms with Crippen molar-refractivity contribution in [2.45, 2.75) is 57.3 Å². The number of halogens is 3. The third kappa shape index (κ3) is 3.38. The van der Waals surface area contributed by atoms with Gasteiger partial charge in [-0.25, -0.2) is 0 Å². The van der Waals surface area contributed by atoms with E-state index in [1.54, 1.807) is 0 Å². The number of hydrogen-bond donors (Lipinski definition) is 1. The van der Waals surface area contributed by atoms with E-state index in [2.05, 4.69) is 24.1 Å². The fourth-order valence-electron chi connectivity index (χ4n) is 2.77. The first-order valence-corrected chi connectivity index (χ1v) is 6.89. The van der Waals surface area contributed by atoms with Crippen molar-refractivity contribution in [2.75, 3.05) is 19.6 Å². The predicted octanol–water partition coefficient (Wildman–Crippen LogP) is 2.79. The van der Waals surface area contributed by atoms with Gasteiger partial charge < -0.3 is 5.32 Å². The van der Waals surface area contributed by atoms with Gasteiger partial charge in [-0.15, -0.1) is 0 Å². The fraction of sp³-hybridized carbons (Fsp3) is 1.00. The normalized spacial score (nSPS) is 34.8. The van der Waals surface area contributed by atoms with Gasteiger partial charge in [-0.2, -0.15) is 13.2 Å². The van der Waals surface area contributed by atoms with Gasteiger partial charge in [0.25, 0.3) is 0 Å². The molecule has 1 saturated heterocycles. The predicted molar refractivity (Wildman–Crippen MR) is 65.5 cm³/mol. The van der Waals surface area contributed by atoms with Gasteiger partial charge in [0.2, 0.25) is 0 Å². The summed E-state index contributed by atoms with van der Waals surface area (Å²) in [7, 11) is 0. The van der Waals surface area contributed by atoms with Crippen molar-refractivity contribution in [3.05, 3.63) is 0 Å². The molecule has 18 heavy (non-hydrogen) atoms. The Balaban J connectivity index is 1.95. The summed E-state index contributed by atoms with van der Waals surface area (Å²) < 4.78 is 37.2. The second kappa shape index (κ2) is 5.00. The standard InChI is InChI=1S/C13H23F3N2/c1-3-12(2)9-17-11(10-4-5-10)8-18(12)7-6-13(14,15)16/h10-11,17H,3-9H2,1-2H3. The summed E-state index contributed by atoms with van der Waals surface area (Å²) in [5.74, 6) is 0.694. The number of nitrogens with one attached hydrogen (secondary N) is 1. The molecule has 0 spiro atoms. The van der Waals surface area contributed by atoms with Gasteiger partial charge in [0.15, 0.2) is 0 Å². The molecule has 1 N–H and O–H groups in total. The first-order chi connectivity index (χ1) is 8.34. The summed E-state index contributed by atoms with van der Waals surface area (Å²) in [5.41, 5.74) is -0.128. The lowest BCUT2D eigenvalue weighted by Gasteiger charge is -2.48. The lowest BCUT2D eigenvalue weighted by molar-refractivity contribution is -0.142. The molecule has 0 radical (unpaired) electrons. The van der Waals surface area contributed by atoms with Crippen molar-refractivity contribution >= 4 is 0 Å². The molecular formula is C13H23F3N2. The summed E-state index contributed by atoms with van der Waals surface area (Å²) in [6.45, 7) is 5.84. The minimum atomic E-state index is -4.05. The molecule has 2 nitrogen and oxygen atoms in total. The maximum absolute atomic E-state index is 12.4. The Kier molecular flexibility index (Phi) is 3.93. The number of alkyl halides is 3. The molecule has 0 aromatic carbocycles. The SMILES string of the molecule is CCC1(C)CNC(C2CC2)CN1CCC(F)(F)F. The zero-order valence-electron chi connectivity index (χ0n) is 11.2. The first kappa shape index (κ1) is 14.1. The highest BCUT2D eigenvalue weighted by Gasteiger charge is 2.42. The Morgan fingerprint density at radius 3 is 2.50 bits per heavy atom. The molecule has 1 saturated carbocycles. The molecular weight excluding hydrogens is 241 g/mol. The Hall–Kier alpha value is -0.290. The van der Waals surface area contributed by atoms with Crippen LogP contribution in [-0.2, 0) is 0 Å². The molecule has 1 heterocycles. The van der Waals surface area contributed by atoms with E-state index in [4.69, 9.17) is 0 Å². The summed E-state index contributed by atoms with van der Waals surface area (Å²) in [6.07, 6.45) is -1.40. The minimum absolute atomic E-state index is 0.128. The van der Waals surface area contributed by atoms with Crippen molar-refractivity contribution in [3.63, 3.8) is 0 Å². The minimum Gasteiger partial charge on any atom is -0.311 e.